The van der Waals surface area contributed by atoms with Gasteiger partial charge >= 0.3 is 0 Å². The van der Waals surface area contributed by atoms with Crippen LogP contribution in [0.25, 0.3) is 11.3 Å². The van der Waals surface area contributed by atoms with Gasteiger partial charge in [0.1, 0.15) is 5.75 Å². The SMILES string of the molecule is CCc1ccc(OC)c(-c2cnc(N)[nH]2)c1. The Morgan fingerprint density at radius 1 is 1.44 bits per heavy atom. The van der Waals surface area contributed by atoms with Crippen molar-refractivity contribution in [2.75, 3.05) is 12.8 Å². The van der Waals surface area contributed by atoms with Gasteiger partial charge in [0, 0.05) is 5.56 Å². The van der Waals surface area contributed by atoms with Crippen LogP contribution in [0.15, 0.2) is 24.4 Å². The molecule has 0 aliphatic carbocycles. The number of aromatic nitrogens is 2. The van der Waals surface area contributed by atoms with Crippen LogP contribution in [0.2, 0.25) is 0 Å². The molecule has 0 fully saturated rings. The smallest absolute Gasteiger partial charge is 0.197 e. The first-order valence-electron chi connectivity index (χ1n) is 5.22. The molecule has 0 saturated carbocycles. The monoisotopic (exact) mass is 217 g/mol. The molecule has 0 atom stereocenters. The second-order valence-electron chi connectivity index (χ2n) is 3.57. The van der Waals surface area contributed by atoms with Gasteiger partial charge in [0.2, 0.25) is 0 Å². The summed E-state index contributed by atoms with van der Waals surface area (Å²) >= 11 is 0. The van der Waals surface area contributed by atoms with Crippen LogP contribution >= 0.6 is 0 Å². The summed E-state index contributed by atoms with van der Waals surface area (Å²) in [5.41, 5.74) is 8.70. The average molecular weight is 217 g/mol. The number of nitrogens with two attached hydrogens (primary N) is 1. The van der Waals surface area contributed by atoms with Crippen LogP contribution in [0.5, 0.6) is 5.75 Å². The molecule has 0 spiro atoms. The minimum atomic E-state index is 0.416. The summed E-state index contributed by atoms with van der Waals surface area (Å²) in [6, 6.07) is 6.11. The molecule has 1 heterocycles. The molecule has 0 amide bonds. The molecule has 0 aliphatic heterocycles. The number of aryl methyl sites for hydroxylation is 1. The van der Waals surface area contributed by atoms with E-state index in [1.807, 2.05) is 6.07 Å². The summed E-state index contributed by atoms with van der Waals surface area (Å²) in [7, 11) is 1.66. The highest BCUT2D eigenvalue weighted by atomic mass is 16.5. The van der Waals surface area contributed by atoms with Gasteiger partial charge in [-0.05, 0) is 24.1 Å². The number of hydrogen-bond acceptors (Lipinski definition) is 3. The fraction of sp³-hybridized carbons (Fsp3) is 0.250. The molecule has 4 heteroatoms. The number of H-pyrrole nitrogens is 1. The number of hydrogen-bond donors (Lipinski definition) is 2. The van der Waals surface area contributed by atoms with E-state index in [0.29, 0.717) is 5.95 Å². The molecule has 1 aromatic carbocycles. The van der Waals surface area contributed by atoms with Gasteiger partial charge in [-0.2, -0.15) is 0 Å². The maximum Gasteiger partial charge on any atom is 0.197 e. The molecular formula is C12H15N3O. The molecule has 2 rings (SSSR count). The molecular weight excluding hydrogens is 202 g/mol. The Bertz CT molecular complexity index is 491. The van der Waals surface area contributed by atoms with Crippen LogP contribution in [0.1, 0.15) is 12.5 Å². The Balaban J connectivity index is 2.52. The molecule has 4 nitrogen and oxygen atoms in total. The average Bonchev–Trinajstić information content (AvgIpc) is 2.75. The zero-order chi connectivity index (χ0) is 11.5. The number of anilines is 1. The van der Waals surface area contributed by atoms with Crippen molar-refractivity contribution in [2.45, 2.75) is 13.3 Å². The Morgan fingerprint density at radius 3 is 2.81 bits per heavy atom. The van der Waals surface area contributed by atoms with E-state index in [1.165, 1.54) is 5.56 Å². The number of rotatable bonds is 3. The standard InChI is InChI=1S/C12H15N3O/c1-3-8-4-5-11(16-2)9(6-8)10-7-14-12(13)15-10/h4-7H,3H2,1-2H3,(H3,13,14,15). The fourth-order valence-corrected chi connectivity index (χ4v) is 1.66. The summed E-state index contributed by atoms with van der Waals surface area (Å²) in [5, 5.41) is 0. The van der Waals surface area contributed by atoms with E-state index in [4.69, 9.17) is 10.5 Å². The Kier molecular flexibility index (Phi) is 2.81. The predicted octanol–water partition coefficient (Wildman–Crippen LogP) is 2.23. The number of nitrogens with zero attached hydrogens (tertiary/aromatic N) is 1. The van der Waals surface area contributed by atoms with Crippen LogP contribution in [0.4, 0.5) is 5.95 Å². The molecule has 0 aliphatic rings. The van der Waals surface area contributed by atoms with Crippen LogP contribution in [0.3, 0.4) is 0 Å². The van der Waals surface area contributed by atoms with E-state index in [9.17, 15) is 0 Å². The Labute approximate surface area is 94.5 Å². The maximum absolute atomic E-state index is 5.57. The van der Waals surface area contributed by atoms with Crippen molar-refractivity contribution in [3.63, 3.8) is 0 Å². The summed E-state index contributed by atoms with van der Waals surface area (Å²) < 4.78 is 5.32. The third-order valence-electron chi connectivity index (χ3n) is 2.56. The lowest BCUT2D eigenvalue weighted by Crippen LogP contribution is -1.91. The van der Waals surface area contributed by atoms with Crippen molar-refractivity contribution in [3.8, 4) is 17.0 Å². The summed E-state index contributed by atoms with van der Waals surface area (Å²) in [6.45, 7) is 2.12. The van der Waals surface area contributed by atoms with Crippen LogP contribution in [-0.2, 0) is 6.42 Å². The second-order valence-corrected chi connectivity index (χ2v) is 3.57. The molecule has 16 heavy (non-hydrogen) atoms. The first kappa shape index (κ1) is 10.5. The van der Waals surface area contributed by atoms with Crippen molar-refractivity contribution < 1.29 is 4.74 Å². The largest absolute Gasteiger partial charge is 0.496 e. The van der Waals surface area contributed by atoms with Crippen molar-refractivity contribution in [1.82, 2.24) is 9.97 Å². The van der Waals surface area contributed by atoms with E-state index in [1.54, 1.807) is 13.3 Å². The van der Waals surface area contributed by atoms with Gasteiger partial charge in [-0.1, -0.05) is 13.0 Å². The molecule has 3 N–H and O–H groups in total. The third-order valence-corrected chi connectivity index (χ3v) is 2.56. The first-order chi connectivity index (χ1) is 7.74. The lowest BCUT2D eigenvalue weighted by Gasteiger charge is -2.08. The number of ether oxygens (including phenoxy) is 1. The minimum absolute atomic E-state index is 0.416. The third kappa shape index (κ3) is 1.86. The summed E-state index contributed by atoms with van der Waals surface area (Å²) in [6.07, 6.45) is 2.70. The molecule has 0 saturated heterocycles. The molecule has 0 radical (unpaired) electrons. The zero-order valence-corrected chi connectivity index (χ0v) is 9.45. The zero-order valence-electron chi connectivity index (χ0n) is 9.45. The number of methoxy groups -OCH3 is 1. The molecule has 0 unspecified atom stereocenters. The number of imidazole rings is 1. The van der Waals surface area contributed by atoms with Crippen molar-refractivity contribution in [2.24, 2.45) is 0 Å². The number of benzene rings is 1. The number of nitrogens with one attached hydrogen (secondary N) is 1. The normalized spacial score (nSPS) is 10.4. The molecule has 84 valence electrons. The molecule has 2 aromatic rings. The molecule has 1 aromatic heterocycles. The second kappa shape index (κ2) is 4.26. The van der Waals surface area contributed by atoms with E-state index in [0.717, 1.165) is 23.4 Å². The lowest BCUT2D eigenvalue weighted by molar-refractivity contribution is 0.416. The highest BCUT2D eigenvalue weighted by Gasteiger charge is 2.08. The van der Waals surface area contributed by atoms with Gasteiger partial charge in [-0.15, -0.1) is 0 Å². The van der Waals surface area contributed by atoms with Crippen molar-refractivity contribution in [1.29, 1.82) is 0 Å². The fourth-order valence-electron chi connectivity index (χ4n) is 1.66. The van der Waals surface area contributed by atoms with Gasteiger partial charge in [0.15, 0.2) is 5.95 Å². The van der Waals surface area contributed by atoms with E-state index in [2.05, 4.69) is 29.0 Å². The number of nitrogen functional groups attached to an aromatic ring is 1. The van der Waals surface area contributed by atoms with Gasteiger partial charge < -0.3 is 15.5 Å². The van der Waals surface area contributed by atoms with Crippen molar-refractivity contribution in [3.05, 3.63) is 30.0 Å². The van der Waals surface area contributed by atoms with Crippen molar-refractivity contribution >= 4 is 5.95 Å². The van der Waals surface area contributed by atoms with Crippen LogP contribution < -0.4 is 10.5 Å². The highest BCUT2D eigenvalue weighted by molar-refractivity contribution is 5.68. The Morgan fingerprint density at radius 2 is 2.25 bits per heavy atom. The van der Waals surface area contributed by atoms with E-state index < -0.39 is 0 Å². The van der Waals surface area contributed by atoms with Gasteiger partial charge in [-0.3, -0.25) is 0 Å². The van der Waals surface area contributed by atoms with Gasteiger partial charge in [0.25, 0.3) is 0 Å². The Hall–Kier alpha value is -1.97. The summed E-state index contributed by atoms with van der Waals surface area (Å²) in [5.74, 6) is 1.24. The van der Waals surface area contributed by atoms with Crippen LogP contribution in [0, 0.1) is 0 Å². The lowest BCUT2D eigenvalue weighted by atomic mass is 10.1. The maximum atomic E-state index is 5.57. The van der Waals surface area contributed by atoms with Crippen LogP contribution in [-0.4, -0.2) is 17.1 Å². The van der Waals surface area contributed by atoms with E-state index in [-0.39, 0.29) is 0 Å². The van der Waals surface area contributed by atoms with Gasteiger partial charge in [0.05, 0.1) is 19.0 Å². The quantitative estimate of drug-likeness (QED) is 0.828. The highest BCUT2D eigenvalue weighted by Crippen LogP contribution is 2.30. The van der Waals surface area contributed by atoms with E-state index >= 15 is 0 Å². The molecule has 0 bridgehead atoms. The predicted molar refractivity (Wildman–Crippen MR) is 64.4 cm³/mol. The topological polar surface area (TPSA) is 63.9 Å². The van der Waals surface area contributed by atoms with Gasteiger partial charge in [-0.25, -0.2) is 4.98 Å². The first-order valence-corrected chi connectivity index (χ1v) is 5.22. The minimum Gasteiger partial charge on any atom is -0.496 e. The summed E-state index contributed by atoms with van der Waals surface area (Å²) in [4.78, 5) is 7.00. The number of aromatic amines is 1.